The lowest BCUT2D eigenvalue weighted by Gasteiger charge is -2.26. The van der Waals surface area contributed by atoms with E-state index in [1.165, 1.54) is 12.6 Å². The van der Waals surface area contributed by atoms with Gasteiger partial charge in [0.05, 0.1) is 12.8 Å². The van der Waals surface area contributed by atoms with Crippen molar-refractivity contribution in [2.45, 2.75) is 26.2 Å². The fourth-order valence-electron chi connectivity index (χ4n) is 3.47. The highest BCUT2D eigenvalue weighted by Gasteiger charge is 2.16. The molecule has 0 bridgehead atoms. The summed E-state index contributed by atoms with van der Waals surface area (Å²) in [6.45, 7) is 4.12. The van der Waals surface area contributed by atoms with Gasteiger partial charge in [0.1, 0.15) is 0 Å². The van der Waals surface area contributed by atoms with Gasteiger partial charge in [-0.25, -0.2) is 5.43 Å². The molecule has 0 spiro atoms. The van der Waals surface area contributed by atoms with Crippen LogP contribution in [0.3, 0.4) is 0 Å². The highest BCUT2D eigenvalue weighted by atomic mass is 79.9. The number of aromatic nitrogens is 3. The van der Waals surface area contributed by atoms with E-state index in [2.05, 4.69) is 51.6 Å². The summed E-state index contributed by atoms with van der Waals surface area (Å²) >= 11 is 3.43. The number of phenolic OH excluding ortho intramolecular Hbond substituents is 1. The predicted molar refractivity (Wildman–Crippen MR) is 134 cm³/mol. The molecule has 2 heterocycles. The molecular weight excluding hydrogens is 486 g/mol. The van der Waals surface area contributed by atoms with Crippen molar-refractivity contribution in [1.29, 1.82) is 0 Å². The lowest BCUT2D eigenvalue weighted by Crippen LogP contribution is -2.31. The third-order valence-electron chi connectivity index (χ3n) is 5.03. The Kier molecular flexibility index (Phi) is 7.56. The van der Waals surface area contributed by atoms with Gasteiger partial charge in [-0.15, -0.1) is 0 Å². The smallest absolute Gasteiger partial charge is 0.250 e. The van der Waals surface area contributed by atoms with Crippen molar-refractivity contribution < 1.29 is 9.84 Å². The van der Waals surface area contributed by atoms with Gasteiger partial charge in [0.25, 0.3) is 0 Å². The Bertz CT molecular complexity index is 1110. The average Bonchev–Trinajstić information content (AvgIpc) is 2.83. The Morgan fingerprint density at radius 3 is 2.61 bits per heavy atom. The van der Waals surface area contributed by atoms with E-state index in [1.54, 1.807) is 12.1 Å². The molecule has 1 fully saturated rings. The van der Waals surface area contributed by atoms with Crippen molar-refractivity contribution in [3.63, 3.8) is 0 Å². The number of hydrogen-bond acceptors (Lipinski definition) is 9. The number of piperidine rings is 1. The number of hydrazone groups is 1. The van der Waals surface area contributed by atoms with Crippen LogP contribution in [0.1, 0.15) is 31.7 Å². The predicted octanol–water partition coefficient (Wildman–Crippen LogP) is 4.92. The van der Waals surface area contributed by atoms with Crippen LogP contribution in [-0.2, 0) is 0 Å². The maximum Gasteiger partial charge on any atom is 0.250 e. The SMILES string of the molecule is CCOc1cc(Br)cc(/C=N/Nc2nc(Nc3ccccc3)nc(N3CCCCC3)n2)c1O. The molecule has 2 aromatic carbocycles. The summed E-state index contributed by atoms with van der Waals surface area (Å²) in [6, 6.07) is 13.2. The number of benzene rings is 2. The van der Waals surface area contributed by atoms with Crippen LogP contribution in [-0.4, -0.2) is 46.0 Å². The first kappa shape index (κ1) is 22.8. The molecule has 10 heteroatoms. The minimum Gasteiger partial charge on any atom is -0.504 e. The Balaban J connectivity index is 1.58. The third-order valence-corrected chi connectivity index (χ3v) is 5.49. The number of anilines is 4. The highest BCUT2D eigenvalue weighted by Crippen LogP contribution is 2.33. The van der Waals surface area contributed by atoms with Gasteiger partial charge in [0.15, 0.2) is 11.5 Å². The minimum absolute atomic E-state index is 0.0154. The molecule has 0 aliphatic carbocycles. The second kappa shape index (κ2) is 11.0. The molecule has 3 aromatic rings. The van der Waals surface area contributed by atoms with E-state index in [-0.39, 0.29) is 5.75 Å². The van der Waals surface area contributed by atoms with Gasteiger partial charge < -0.3 is 20.1 Å². The summed E-state index contributed by atoms with van der Waals surface area (Å²) in [6.07, 6.45) is 4.93. The number of hydrogen-bond donors (Lipinski definition) is 3. The molecule has 3 N–H and O–H groups in total. The van der Waals surface area contributed by atoms with E-state index in [9.17, 15) is 5.11 Å². The Morgan fingerprint density at radius 2 is 1.85 bits per heavy atom. The van der Waals surface area contributed by atoms with Crippen LogP contribution in [0.25, 0.3) is 0 Å². The summed E-state index contributed by atoms with van der Waals surface area (Å²) in [5, 5.41) is 17.9. The van der Waals surface area contributed by atoms with Crippen molar-refractivity contribution in [1.82, 2.24) is 15.0 Å². The highest BCUT2D eigenvalue weighted by molar-refractivity contribution is 9.10. The van der Waals surface area contributed by atoms with Gasteiger partial charge in [-0.2, -0.15) is 20.1 Å². The minimum atomic E-state index is 0.0154. The number of aromatic hydroxyl groups is 1. The van der Waals surface area contributed by atoms with E-state index < -0.39 is 0 Å². The number of phenols is 1. The van der Waals surface area contributed by atoms with Crippen LogP contribution >= 0.6 is 15.9 Å². The lowest BCUT2D eigenvalue weighted by atomic mass is 10.1. The lowest BCUT2D eigenvalue weighted by molar-refractivity contribution is 0.317. The van der Waals surface area contributed by atoms with Gasteiger partial charge in [0.2, 0.25) is 17.8 Å². The molecule has 0 atom stereocenters. The first-order valence-electron chi connectivity index (χ1n) is 10.9. The van der Waals surface area contributed by atoms with Crippen molar-refractivity contribution in [2.75, 3.05) is 35.3 Å². The fraction of sp³-hybridized carbons (Fsp3) is 0.304. The van der Waals surface area contributed by atoms with Crippen molar-refractivity contribution >= 4 is 45.7 Å². The average molecular weight is 512 g/mol. The molecule has 0 unspecified atom stereocenters. The fourth-order valence-corrected chi connectivity index (χ4v) is 3.93. The molecular formula is C23H26BrN7O2. The second-order valence-corrected chi connectivity index (χ2v) is 8.38. The van der Waals surface area contributed by atoms with Crippen LogP contribution in [0, 0.1) is 0 Å². The van der Waals surface area contributed by atoms with Crippen LogP contribution < -0.4 is 20.4 Å². The number of para-hydroxylation sites is 1. The van der Waals surface area contributed by atoms with Gasteiger partial charge in [0, 0.05) is 28.8 Å². The van der Waals surface area contributed by atoms with Crippen LogP contribution in [0.15, 0.2) is 52.0 Å². The number of ether oxygens (including phenoxy) is 1. The molecule has 0 radical (unpaired) electrons. The number of nitrogens with zero attached hydrogens (tertiary/aromatic N) is 5. The summed E-state index contributed by atoms with van der Waals surface area (Å²) in [4.78, 5) is 15.8. The molecule has 9 nitrogen and oxygen atoms in total. The quantitative estimate of drug-likeness (QED) is 0.289. The maximum atomic E-state index is 10.4. The molecule has 1 aliphatic rings. The first-order chi connectivity index (χ1) is 16.1. The molecule has 172 valence electrons. The van der Waals surface area contributed by atoms with Gasteiger partial charge in [-0.3, -0.25) is 0 Å². The van der Waals surface area contributed by atoms with Crippen LogP contribution in [0.2, 0.25) is 0 Å². The van der Waals surface area contributed by atoms with E-state index in [0.717, 1.165) is 36.1 Å². The van der Waals surface area contributed by atoms with Crippen molar-refractivity contribution in [2.24, 2.45) is 5.10 Å². The van der Waals surface area contributed by atoms with Gasteiger partial charge in [-0.05, 0) is 50.5 Å². The largest absolute Gasteiger partial charge is 0.504 e. The maximum absolute atomic E-state index is 10.4. The summed E-state index contributed by atoms with van der Waals surface area (Å²) in [5.74, 6) is 1.74. The van der Waals surface area contributed by atoms with Crippen LogP contribution in [0.5, 0.6) is 11.5 Å². The van der Waals surface area contributed by atoms with Crippen LogP contribution in [0.4, 0.5) is 23.5 Å². The van der Waals surface area contributed by atoms with E-state index in [0.29, 0.717) is 35.8 Å². The molecule has 1 aliphatic heterocycles. The zero-order valence-corrected chi connectivity index (χ0v) is 19.9. The molecule has 0 amide bonds. The molecule has 1 saturated heterocycles. The Hall–Kier alpha value is -3.40. The van der Waals surface area contributed by atoms with Gasteiger partial charge >= 0.3 is 0 Å². The summed E-state index contributed by atoms with van der Waals surface area (Å²) in [7, 11) is 0. The van der Waals surface area contributed by atoms with Gasteiger partial charge in [-0.1, -0.05) is 34.1 Å². The molecule has 0 saturated carbocycles. The monoisotopic (exact) mass is 511 g/mol. The zero-order chi connectivity index (χ0) is 23.0. The normalized spacial score (nSPS) is 13.8. The standard InChI is InChI=1S/C23H26BrN7O2/c1-2-33-19-14-17(24)13-16(20(19)32)15-25-30-22-27-21(26-18-9-5-3-6-10-18)28-23(29-22)31-11-7-4-8-12-31/h3,5-6,9-10,13-15,32H,2,4,7-8,11-12H2,1H3,(H2,26,27,28,29,30)/b25-15+. The summed E-state index contributed by atoms with van der Waals surface area (Å²) in [5.41, 5.74) is 4.24. The molecule has 4 rings (SSSR count). The topological polar surface area (TPSA) is 108 Å². The summed E-state index contributed by atoms with van der Waals surface area (Å²) < 4.78 is 6.24. The van der Waals surface area contributed by atoms with Crippen molar-refractivity contribution in [3.8, 4) is 11.5 Å². The first-order valence-corrected chi connectivity index (χ1v) is 11.7. The van der Waals surface area contributed by atoms with Crippen molar-refractivity contribution in [3.05, 3.63) is 52.5 Å². The molecule has 33 heavy (non-hydrogen) atoms. The molecule has 1 aromatic heterocycles. The zero-order valence-electron chi connectivity index (χ0n) is 18.3. The third kappa shape index (κ3) is 6.10. The number of rotatable bonds is 8. The number of halogens is 1. The Morgan fingerprint density at radius 1 is 1.09 bits per heavy atom. The number of nitrogens with one attached hydrogen (secondary N) is 2. The Labute approximate surface area is 201 Å². The van der Waals surface area contributed by atoms with E-state index in [1.807, 2.05) is 37.3 Å². The van der Waals surface area contributed by atoms with E-state index >= 15 is 0 Å². The van der Waals surface area contributed by atoms with E-state index in [4.69, 9.17) is 4.74 Å². The second-order valence-electron chi connectivity index (χ2n) is 7.47.